The summed E-state index contributed by atoms with van der Waals surface area (Å²) in [6.45, 7) is 1.90. The Morgan fingerprint density at radius 3 is 2.56 bits per heavy atom. The van der Waals surface area contributed by atoms with Crippen LogP contribution < -0.4 is 16.0 Å². The number of rotatable bonds is 5. The maximum atomic E-state index is 5.96. The van der Waals surface area contributed by atoms with Gasteiger partial charge in [0.25, 0.3) is 0 Å². The fourth-order valence-electron chi connectivity index (χ4n) is 1.50. The zero-order valence-corrected chi connectivity index (χ0v) is 11.1. The minimum absolute atomic E-state index is 0.492. The van der Waals surface area contributed by atoms with Gasteiger partial charge in [0, 0.05) is 13.6 Å². The summed E-state index contributed by atoms with van der Waals surface area (Å²) in [5.41, 5.74) is 7.47. The molecule has 0 aliphatic carbocycles. The molecule has 0 amide bonds. The lowest BCUT2D eigenvalue weighted by molar-refractivity contribution is 0.713. The molecule has 0 fully saturated rings. The summed E-state index contributed by atoms with van der Waals surface area (Å²) in [5.74, 6) is 0. The van der Waals surface area contributed by atoms with Gasteiger partial charge in [-0.25, -0.2) is 0 Å². The molecule has 0 aromatic heterocycles. The van der Waals surface area contributed by atoms with Gasteiger partial charge >= 0.3 is 0 Å². The molecular formula is C11H17Cl2N3. The van der Waals surface area contributed by atoms with E-state index < -0.39 is 0 Å². The van der Waals surface area contributed by atoms with E-state index in [1.165, 1.54) is 0 Å². The maximum absolute atomic E-state index is 5.96. The average Bonchev–Trinajstić information content (AvgIpc) is 2.23. The number of nitrogens with two attached hydrogens (primary N) is 1. The second kappa shape index (κ2) is 6.18. The van der Waals surface area contributed by atoms with Crippen LogP contribution in [0, 0.1) is 0 Å². The van der Waals surface area contributed by atoms with E-state index in [-0.39, 0.29) is 0 Å². The standard InChI is InChI=1S/C11H17Cl2N3/c1-15-4-3-5-16(2)11-7-9(13)8(12)6-10(11)14/h6-7,15H,3-5,14H2,1-2H3. The van der Waals surface area contributed by atoms with Gasteiger partial charge in [-0.2, -0.15) is 0 Å². The number of benzene rings is 1. The molecule has 0 aliphatic rings. The molecule has 0 heterocycles. The quantitative estimate of drug-likeness (QED) is 0.633. The summed E-state index contributed by atoms with van der Waals surface area (Å²) < 4.78 is 0. The van der Waals surface area contributed by atoms with Crippen LogP contribution >= 0.6 is 23.2 Å². The lowest BCUT2D eigenvalue weighted by Gasteiger charge is -2.21. The molecule has 0 radical (unpaired) electrons. The molecular weight excluding hydrogens is 245 g/mol. The Hall–Kier alpha value is -0.640. The van der Waals surface area contributed by atoms with Gasteiger partial charge in [-0.15, -0.1) is 0 Å². The van der Waals surface area contributed by atoms with Crippen LogP contribution in [0.5, 0.6) is 0 Å². The lowest BCUT2D eigenvalue weighted by atomic mass is 10.2. The van der Waals surface area contributed by atoms with Crippen LogP contribution in [0.4, 0.5) is 11.4 Å². The monoisotopic (exact) mass is 261 g/mol. The Labute approximate surface area is 107 Å². The summed E-state index contributed by atoms with van der Waals surface area (Å²) >= 11 is 11.8. The Kier molecular flexibility index (Phi) is 5.19. The van der Waals surface area contributed by atoms with Crippen molar-refractivity contribution in [3.8, 4) is 0 Å². The fraction of sp³-hybridized carbons (Fsp3) is 0.455. The molecule has 3 nitrogen and oxygen atoms in total. The normalized spacial score (nSPS) is 10.5. The van der Waals surface area contributed by atoms with Crippen molar-refractivity contribution < 1.29 is 0 Å². The van der Waals surface area contributed by atoms with Crippen molar-refractivity contribution >= 4 is 34.6 Å². The molecule has 1 rings (SSSR count). The molecule has 0 atom stereocenters. The molecule has 0 spiro atoms. The van der Waals surface area contributed by atoms with Crippen LogP contribution in [0.25, 0.3) is 0 Å². The molecule has 5 heteroatoms. The highest BCUT2D eigenvalue weighted by Crippen LogP contribution is 2.32. The molecule has 0 aliphatic heterocycles. The van der Waals surface area contributed by atoms with Crippen molar-refractivity contribution in [3.05, 3.63) is 22.2 Å². The third kappa shape index (κ3) is 3.44. The smallest absolute Gasteiger partial charge is 0.0614 e. The van der Waals surface area contributed by atoms with E-state index in [0.717, 1.165) is 25.2 Å². The van der Waals surface area contributed by atoms with E-state index in [4.69, 9.17) is 28.9 Å². The molecule has 0 saturated carbocycles. The van der Waals surface area contributed by atoms with Gasteiger partial charge in [-0.1, -0.05) is 23.2 Å². The van der Waals surface area contributed by atoms with Crippen LogP contribution in [0.2, 0.25) is 10.0 Å². The van der Waals surface area contributed by atoms with Crippen molar-refractivity contribution in [1.29, 1.82) is 0 Å². The van der Waals surface area contributed by atoms with E-state index in [2.05, 4.69) is 10.2 Å². The van der Waals surface area contributed by atoms with Crippen LogP contribution in [0.3, 0.4) is 0 Å². The van der Waals surface area contributed by atoms with Crippen molar-refractivity contribution in [2.45, 2.75) is 6.42 Å². The third-order valence-corrected chi connectivity index (χ3v) is 3.12. The maximum Gasteiger partial charge on any atom is 0.0614 e. The first-order valence-corrected chi connectivity index (χ1v) is 5.92. The molecule has 3 N–H and O–H groups in total. The van der Waals surface area contributed by atoms with E-state index in [9.17, 15) is 0 Å². The highest BCUT2D eigenvalue weighted by molar-refractivity contribution is 6.42. The second-order valence-corrected chi connectivity index (χ2v) is 4.52. The number of nitrogen functional groups attached to an aromatic ring is 1. The van der Waals surface area contributed by atoms with Crippen LogP contribution in [-0.4, -0.2) is 27.2 Å². The largest absolute Gasteiger partial charge is 0.397 e. The molecule has 1 aromatic rings. The number of hydrogen-bond donors (Lipinski definition) is 2. The minimum atomic E-state index is 0.492. The Balaban J connectivity index is 2.75. The predicted octanol–water partition coefficient (Wildman–Crippen LogP) is 2.62. The molecule has 1 aromatic carbocycles. The van der Waals surface area contributed by atoms with Crippen LogP contribution in [0.15, 0.2) is 12.1 Å². The van der Waals surface area contributed by atoms with Crippen molar-refractivity contribution in [2.75, 3.05) is 37.8 Å². The van der Waals surface area contributed by atoms with Crippen molar-refractivity contribution in [3.63, 3.8) is 0 Å². The number of halogens is 2. The average molecular weight is 262 g/mol. The summed E-state index contributed by atoms with van der Waals surface area (Å²) in [6.07, 6.45) is 1.05. The van der Waals surface area contributed by atoms with Gasteiger partial charge < -0.3 is 16.0 Å². The first-order chi connectivity index (χ1) is 7.56. The summed E-state index contributed by atoms with van der Waals surface area (Å²) in [7, 11) is 3.93. The molecule has 0 unspecified atom stereocenters. The predicted molar refractivity (Wildman–Crippen MR) is 72.7 cm³/mol. The first kappa shape index (κ1) is 13.4. The highest BCUT2D eigenvalue weighted by atomic mass is 35.5. The zero-order valence-electron chi connectivity index (χ0n) is 9.56. The molecule has 16 heavy (non-hydrogen) atoms. The summed E-state index contributed by atoms with van der Waals surface area (Å²) in [5, 5.41) is 4.13. The van der Waals surface area contributed by atoms with E-state index in [1.54, 1.807) is 12.1 Å². The highest BCUT2D eigenvalue weighted by Gasteiger charge is 2.08. The van der Waals surface area contributed by atoms with E-state index in [0.29, 0.717) is 15.7 Å². The molecule has 90 valence electrons. The van der Waals surface area contributed by atoms with Gasteiger partial charge in [-0.05, 0) is 32.1 Å². The van der Waals surface area contributed by atoms with Crippen LogP contribution in [-0.2, 0) is 0 Å². The first-order valence-electron chi connectivity index (χ1n) is 5.16. The van der Waals surface area contributed by atoms with E-state index >= 15 is 0 Å². The number of anilines is 2. The van der Waals surface area contributed by atoms with Gasteiger partial charge in [-0.3, -0.25) is 0 Å². The second-order valence-electron chi connectivity index (χ2n) is 3.70. The van der Waals surface area contributed by atoms with Crippen LogP contribution in [0.1, 0.15) is 6.42 Å². The number of nitrogens with one attached hydrogen (secondary N) is 1. The zero-order chi connectivity index (χ0) is 12.1. The lowest BCUT2D eigenvalue weighted by Crippen LogP contribution is -2.23. The summed E-state index contributed by atoms with van der Waals surface area (Å²) in [6, 6.07) is 3.49. The fourth-order valence-corrected chi connectivity index (χ4v) is 1.83. The van der Waals surface area contributed by atoms with Gasteiger partial charge in [0.2, 0.25) is 0 Å². The number of nitrogens with zero attached hydrogens (tertiary/aromatic N) is 1. The molecule has 0 bridgehead atoms. The van der Waals surface area contributed by atoms with Gasteiger partial charge in [0.15, 0.2) is 0 Å². The van der Waals surface area contributed by atoms with Gasteiger partial charge in [0.05, 0.1) is 21.4 Å². The van der Waals surface area contributed by atoms with E-state index in [1.807, 2.05) is 14.1 Å². The topological polar surface area (TPSA) is 41.3 Å². The molecule has 0 saturated heterocycles. The minimum Gasteiger partial charge on any atom is -0.397 e. The van der Waals surface area contributed by atoms with Crippen molar-refractivity contribution in [2.24, 2.45) is 0 Å². The van der Waals surface area contributed by atoms with Gasteiger partial charge in [0.1, 0.15) is 0 Å². The number of hydrogen-bond acceptors (Lipinski definition) is 3. The summed E-state index contributed by atoms with van der Waals surface area (Å²) in [4.78, 5) is 2.08. The SMILES string of the molecule is CNCCCN(C)c1cc(Cl)c(Cl)cc1N. The Morgan fingerprint density at radius 2 is 1.94 bits per heavy atom. The Bertz CT molecular complexity index is 355. The third-order valence-electron chi connectivity index (χ3n) is 2.40. The Morgan fingerprint density at radius 1 is 1.31 bits per heavy atom. The van der Waals surface area contributed by atoms with Crippen molar-refractivity contribution in [1.82, 2.24) is 5.32 Å².